The Morgan fingerprint density at radius 3 is 3.00 bits per heavy atom. The molecule has 1 N–H and O–H groups in total. The van der Waals surface area contributed by atoms with Crippen LogP contribution in [0.5, 0.6) is 0 Å². The van der Waals surface area contributed by atoms with Crippen LogP contribution < -0.4 is 5.32 Å². The summed E-state index contributed by atoms with van der Waals surface area (Å²) in [5.74, 6) is 0.521. The van der Waals surface area contributed by atoms with Crippen molar-refractivity contribution in [3.05, 3.63) is 53.5 Å². The highest BCUT2D eigenvalue weighted by atomic mass is 16.5. The number of morpholine rings is 1. The van der Waals surface area contributed by atoms with Crippen LogP contribution in [0.2, 0.25) is 0 Å². The lowest BCUT2D eigenvalue weighted by molar-refractivity contribution is -0.0212. The lowest BCUT2D eigenvalue weighted by atomic mass is 10.1. The highest BCUT2D eigenvalue weighted by Gasteiger charge is 2.16. The number of anilines is 1. The maximum Gasteiger partial charge on any atom is 0.182 e. The largest absolute Gasteiger partial charge is 0.376 e. The molecular formula is C18H21N5O. The molecule has 6 nitrogen and oxygen atoms in total. The van der Waals surface area contributed by atoms with Crippen LogP contribution >= 0.6 is 0 Å². The Labute approximate surface area is 142 Å². The fraction of sp³-hybridized carbons (Fsp3) is 0.389. The minimum atomic E-state index is 0.296. The van der Waals surface area contributed by atoms with Crippen LogP contribution in [0.3, 0.4) is 0 Å². The minimum absolute atomic E-state index is 0.296. The van der Waals surface area contributed by atoms with Crippen molar-refractivity contribution in [3.8, 4) is 6.07 Å². The number of rotatable bonds is 5. The molecule has 0 spiro atoms. The Hall–Kier alpha value is -2.49. The van der Waals surface area contributed by atoms with Gasteiger partial charge >= 0.3 is 0 Å². The molecule has 0 radical (unpaired) electrons. The van der Waals surface area contributed by atoms with Gasteiger partial charge in [0, 0.05) is 38.6 Å². The second-order valence-electron chi connectivity index (χ2n) is 5.96. The molecule has 1 aromatic carbocycles. The molecule has 24 heavy (non-hydrogen) atoms. The second-order valence-corrected chi connectivity index (χ2v) is 5.96. The van der Waals surface area contributed by atoms with Crippen LogP contribution in [0.1, 0.15) is 23.7 Å². The monoisotopic (exact) mass is 323 g/mol. The molecule has 0 saturated carbocycles. The van der Waals surface area contributed by atoms with Gasteiger partial charge < -0.3 is 10.1 Å². The lowest BCUT2D eigenvalue weighted by Gasteiger charge is -2.31. The zero-order valence-electron chi connectivity index (χ0n) is 13.8. The van der Waals surface area contributed by atoms with Gasteiger partial charge in [0.15, 0.2) is 11.5 Å². The Bertz CT molecular complexity index is 727. The van der Waals surface area contributed by atoms with Crippen molar-refractivity contribution in [3.63, 3.8) is 0 Å². The number of nitrogens with zero attached hydrogens (tertiary/aromatic N) is 4. The van der Waals surface area contributed by atoms with E-state index in [0.717, 1.165) is 31.8 Å². The third-order valence-electron chi connectivity index (χ3n) is 3.99. The molecule has 1 atom stereocenters. The maximum atomic E-state index is 9.06. The summed E-state index contributed by atoms with van der Waals surface area (Å²) < 4.78 is 5.59. The van der Waals surface area contributed by atoms with Crippen molar-refractivity contribution in [2.45, 2.75) is 26.1 Å². The standard InChI is InChI=1S/C18H21N5O/c1-14-12-23(7-8-24-14)13-16-4-2-3-15(9-16)11-22-18-17(10-19)20-5-6-21-18/h2-6,9,14H,7-8,11-13H2,1H3,(H,21,22)/t14-/m0/s1. The summed E-state index contributed by atoms with van der Waals surface area (Å²) in [7, 11) is 0. The average Bonchev–Trinajstić information content (AvgIpc) is 2.60. The summed E-state index contributed by atoms with van der Waals surface area (Å²) >= 11 is 0. The van der Waals surface area contributed by atoms with Gasteiger partial charge in [-0.2, -0.15) is 5.26 Å². The number of nitrogens with one attached hydrogen (secondary N) is 1. The normalized spacial score (nSPS) is 18.1. The van der Waals surface area contributed by atoms with Gasteiger partial charge in [0.1, 0.15) is 6.07 Å². The van der Waals surface area contributed by atoms with Crippen LogP contribution in [-0.2, 0) is 17.8 Å². The Morgan fingerprint density at radius 2 is 2.17 bits per heavy atom. The summed E-state index contributed by atoms with van der Waals surface area (Å²) in [4.78, 5) is 10.6. The van der Waals surface area contributed by atoms with Crippen LogP contribution in [0.15, 0.2) is 36.7 Å². The van der Waals surface area contributed by atoms with E-state index in [1.54, 1.807) is 6.20 Å². The van der Waals surface area contributed by atoms with Gasteiger partial charge in [-0.3, -0.25) is 4.90 Å². The van der Waals surface area contributed by atoms with E-state index >= 15 is 0 Å². The van der Waals surface area contributed by atoms with Crippen LogP contribution in [0.4, 0.5) is 5.82 Å². The fourth-order valence-electron chi connectivity index (χ4n) is 2.87. The smallest absolute Gasteiger partial charge is 0.182 e. The molecule has 0 unspecified atom stereocenters. The molecule has 2 aromatic rings. The van der Waals surface area contributed by atoms with Crippen molar-refractivity contribution < 1.29 is 4.74 Å². The highest BCUT2D eigenvalue weighted by Crippen LogP contribution is 2.14. The predicted molar refractivity (Wildman–Crippen MR) is 91.2 cm³/mol. The number of aromatic nitrogens is 2. The SMILES string of the molecule is C[C@H]1CN(Cc2cccc(CNc3nccnc3C#N)c2)CCO1. The van der Waals surface area contributed by atoms with E-state index in [1.165, 1.54) is 11.8 Å². The van der Waals surface area contributed by atoms with Gasteiger partial charge in [0.25, 0.3) is 0 Å². The molecule has 1 aliphatic rings. The van der Waals surface area contributed by atoms with Crippen molar-refractivity contribution in [2.24, 2.45) is 0 Å². The molecule has 124 valence electrons. The molecule has 1 saturated heterocycles. The van der Waals surface area contributed by atoms with Crippen molar-refractivity contribution in [1.29, 1.82) is 5.26 Å². The van der Waals surface area contributed by atoms with Crippen molar-refractivity contribution in [1.82, 2.24) is 14.9 Å². The zero-order chi connectivity index (χ0) is 16.8. The third-order valence-corrected chi connectivity index (χ3v) is 3.99. The molecule has 1 fully saturated rings. The van der Waals surface area contributed by atoms with E-state index in [0.29, 0.717) is 24.2 Å². The van der Waals surface area contributed by atoms with Crippen LogP contribution in [-0.4, -0.2) is 40.7 Å². The van der Waals surface area contributed by atoms with E-state index in [9.17, 15) is 0 Å². The minimum Gasteiger partial charge on any atom is -0.376 e. The first-order chi connectivity index (χ1) is 11.7. The number of hydrogen-bond donors (Lipinski definition) is 1. The molecule has 0 bridgehead atoms. The van der Waals surface area contributed by atoms with Gasteiger partial charge in [-0.15, -0.1) is 0 Å². The molecular weight excluding hydrogens is 302 g/mol. The molecule has 0 amide bonds. The van der Waals surface area contributed by atoms with Gasteiger partial charge in [0.05, 0.1) is 12.7 Å². The van der Waals surface area contributed by atoms with Crippen molar-refractivity contribution >= 4 is 5.82 Å². The number of hydrogen-bond acceptors (Lipinski definition) is 6. The van der Waals surface area contributed by atoms with E-state index in [4.69, 9.17) is 10.00 Å². The molecule has 6 heteroatoms. The quantitative estimate of drug-likeness (QED) is 0.909. The molecule has 3 rings (SSSR count). The van der Waals surface area contributed by atoms with E-state index in [-0.39, 0.29) is 0 Å². The first-order valence-corrected chi connectivity index (χ1v) is 8.11. The van der Waals surface area contributed by atoms with Gasteiger partial charge in [0.2, 0.25) is 0 Å². The summed E-state index contributed by atoms with van der Waals surface area (Å²) in [5, 5.41) is 12.2. The Morgan fingerprint density at radius 1 is 1.33 bits per heavy atom. The van der Waals surface area contributed by atoms with Gasteiger partial charge in [-0.1, -0.05) is 24.3 Å². The predicted octanol–water partition coefficient (Wildman–Crippen LogP) is 2.18. The maximum absolute atomic E-state index is 9.06. The molecule has 1 aromatic heterocycles. The summed E-state index contributed by atoms with van der Waals surface area (Å²) in [5.41, 5.74) is 2.75. The van der Waals surface area contributed by atoms with Gasteiger partial charge in [-0.25, -0.2) is 9.97 Å². The molecule has 2 heterocycles. The number of benzene rings is 1. The summed E-state index contributed by atoms with van der Waals surface area (Å²) in [6.07, 6.45) is 3.40. The van der Waals surface area contributed by atoms with Crippen LogP contribution in [0, 0.1) is 11.3 Å². The Balaban J connectivity index is 1.62. The van der Waals surface area contributed by atoms with Crippen LogP contribution in [0.25, 0.3) is 0 Å². The average molecular weight is 323 g/mol. The number of nitriles is 1. The van der Waals surface area contributed by atoms with Gasteiger partial charge in [-0.05, 0) is 18.1 Å². The van der Waals surface area contributed by atoms with Crippen molar-refractivity contribution in [2.75, 3.05) is 25.0 Å². The first kappa shape index (κ1) is 16.4. The van der Waals surface area contributed by atoms with E-state index in [1.807, 2.05) is 6.07 Å². The molecule has 1 aliphatic heterocycles. The highest BCUT2D eigenvalue weighted by molar-refractivity contribution is 5.47. The summed E-state index contributed by atoms with van der Waals surface area (Å²) in [6, 6.07) is 10.5. The van der Waals surface area contributed by atoms with E-state index in [2.05, 4.69) is 51.4 Å². The topological polar surface area (TPSA) is 74.1 Å². The third kappa shape index (κ3) is 4.28. The van der Waals surface area contributed by atoms with E-state index < -0.39 is 0 Å². The second kappa shape index (κ2) is 7.86. The number of ether oxygens (including phenoxy) is 1. The fourth-order valence-corrected chi connectivity index (χ4v) is 2.87. The molecule has 0 aliphatic carbocycles. The first-order valence-electron chi connectivity index (χ1n) is 8.11. The zero-order valence-corrected chi connectivity index (χ0v) is 13.8. The lowest BCUT2D eigenvalue weighted by Crippen LogP contribution is -2.40. The Kier molecular flexibility index (Phi) is 5.36. The summed E-state index contributed by atoms with van der Waals surface area (Å²) in [6.45, 7) is 6.38.